The summed E-state index contributed by atoms with van der Waals surface area (Å²) in [6, 6.07) is 17.9. The van der Waals surface area contributed by atoms with Gasteiger partial charge in [-0.1, -0.05) is 49.4 Å². The van der Waals surface area contributed by atoms with Crippen LogP contribution in [0.3, 0.4) is 0 Å². The molecule has 0 unspecified atom stereocenters. The minimum absolute atomic E-state index is 0.0358. The maximum atomic E-state index is 11.8. The van der Waals surface area contributed by atoms with Crippen LogP contribution in [0.1, 0.15) is 27.2 Å². The molecule has 0 aliphatic rings. The molecule has 0 saturated heterocycles. The van der Waals surface area contributed by atoms with Crippen LogP contribution < -0.4 is 10.1 Å². The van der Waals surface area contributed by atoms with E-state index in [1.54, 1.807) is 0 Å². The van der Waals surface area contributed by atoms with Crippen molar-refractivity contribution < 1.29 is 9.53 Å². The number of benzene rings is 2. The van der Waals surface area contributed by atoms with Crippen LogP contribution >= 0.6 is 0 Å². The molecule has 3 nitrogen and oxygen atoms in total. The Morgan fingerprint density at radius 2 is 1.59 bits per heavy atom. The molecule has 0 spiro atoms. The number of hydrogen-bond acceptors (Lipinski definition) is 2. The molecule has 0 bridgehead atoms. The van der Waals surface area contributed by atoms with Gasteiger partial charge in [0.05, 0.1) is 0 Å². The van der Waals surface area contributed by atoms with Crippen LogP contribution in [0.25, 0.3) is 11.1 Å². The van der Waals surface area contributed by atoms with Crippen LogP contribution in [0.15, 0.2) is 54.6 Å². The third kappa shape index (κ3) is 4.62. The van der Waals surface area contributed by atoms with E-state index in [2.05, 4.69) is 17.4 Å². The summed E-state index contributed by atoms with van der Waals surface area (Å²) in [4.78, 5) is 11.8. The average Bonchev–Trinajstić information content (AvgIpc) is 2.54. The molecular weight excluding hydrogens is 274 g/mol. The van der Waals surface area contributed by atoms with E-state index >= 15 is 0 Å². The predicted molar refractivity (Wildman–Crippen MR) is 89.9 cm³/mol. The normalized spacial score (nSPS) is 11.0. The van der Waals surface area contributed by atoms with Gasteiger partial charge < -0.3 is 10.1 Å². The molecule has 116 valence electrons. The lowest BCUT2D eigenvalue weighted by Crippen LogP contribution is -2.44. The Hall–Kier alpha value is -2.29. The molecule has 0 heterocycles. The number of carbonyl (C=O) groups is 1. The Morgan fingerprint density at radius 3 is 2.18 bits per heavy atom. The standard InChI is InChI=1S/C19H23NO2/c1-4-19(2,3)20-18(21)14-22-17-12-10-16(11-13-17)15-8-6-5-7-9-15/h5-13H,4,14H2,1-3H3,(H,20,21). The first-order chi connectivity index (χ1) is 10.5. The molecule has 0 aliphatic heterocycles. The SMILES string of the molecule is CCC(C)(C)NC(=O)COc1ccc(-c2ccccc2)cc1. The number of carbonyl (C=O) groups excluding carboxylic acids is 1. The number of amides is 1. The Balaban J connectivity index is 1.91. The van der Waals surface area contributed by atoms with E-state index in [-0.39, 0.29) is 18.1 Å². The summed E-state index contributed by atoms with van der Waals surface area (Å²) < 4.78 is 5.54. The first kappa shape index (κ1) is 16.1. The van der Waals surface area contributed by atoms with Gasteiger partial charge >= 0.3 is 0 Å². The molecule has 0 radical (unpaired) electrons. The van der Waals surface area contributed by atoms with Crippen LogP contribution in [0.2, 0.25) is 0 Å². The Bertz CT molecular complexity index is 603. The lowest BCUT2D eigenvalue weighted by Gasteiger charge is -2.24. The fourth-order valence-electron chi connectivity index (χ4n) is 2.02. The second kappa shape index (κ2) is 7.12. The maximum Gasteiger partial charge on any atom is 0.258 e. The van der Waals surface area contributed by atoms with Crippen LogP contribution in [0.4, 0.5) is 0 Å². The summed E-state index contributed by atoms with van der Waals surface area (Å²) in [5.41, 5.74) is 2.10. The number of nitrogens with one attached hydrogen (secondary N) is 1. The molecule has 1 N–H and O–H groups in total. The summed E-state index contributed by atoms with van der Waals surface area (Å²) in [7, 11) is 0. The molecule has 2 rings (SSSR count). The summed E-state index contributed by atoms with van der Waals surface area (Å²) in [6.07, 6.45) is 0.879. The fraction of sp³-hybridized carbons (Fsp3) is 0.316. The van der Waals surface area contributed by atoms with Crippen molar-refractivity contribution >= 4 is 5.91 Å². The molecular formula is C19H23NO2. The minimum atomic E-state index is -0.197. The number of hydrogen-bond donors (Lipinski definition) is 1. The molecule has 2 aromatic carbocycles. The highest BCUT2D eigenvalue weighted by Gasteiger charge is 2.17. The Labute approximate surface area is 132 Å². The largest absolute Gasteiger partial charge is 0.484 e. The highest BCUT2D eigenvalue weighted by molar-refractivity contribution is 5.78. The summed E-state index contributed by atoms with van der Waals surface area (Å²) in [6.45, 7) is 6.08. The Kier molecular flexibility index (Phi) is 5.21. The molecule has 0 atom stereocenters. The van der Waals surface area contributed by atoms with Gasteiger partial charge in [0.2, 0.25) is 0 Å². The topological polar surface area (TPSA) is 38.3 Å². The predicted octanol–water partition coefficient (Wildman–Crippen LogP) is 4.04. The van der Waals surface area contributed by atoms with Gasteiger partial charge in [0.25, 0.3) is 5.91 Å². The first-order valence-corrected chi connectivity index (χ1v) is 7.59. The molecule has 2 aromatic rings. The van der Waals surface area contributed by atoms with Gasteiger partial charge in [0.1, 0.15) is 5.75 Å². The molecule has 3 heteroatoms. The van der Waals surface area contributed by atoms with Crippen molar-refractivity contribution in [1.29, 1.82) is 0 Å². The lowest BCUT2D eigenvalue weighted by atomic mass is 10.0. The molecule has 0 fully saturated rings. The van der Waals surface area contributed by atoms with E-state index in [0.29, 0.717) is 5.75 Å². The second-order valence-electron chi connectivity index (χ2n) is 5.96. The molecule has 0 aromatic heterocycles. The molecule has 22 heavy (non-hydrogen) atoms. The first-order valence-electron chi connectivity index (χ1n) is 7.59. The smallest absolute Gasteiger partial charge is 0.258 e. The van der Waals surface area contributed by atoms with Crippen LogP contribution in [-0.4, -0.2) is 18.1 Å². The fourth-order valence-corrected chi connectivity index (χ4v) is 2.02. The monoisotopic (exact) mass is 297 g/mol. The van der Waals surface area contributed by atoms with Crippen molar-refractivity contribution in [1.82, 2.24) is 5.32 Å². The zero-order chi connectivity index (χ0) is 16.0. The molecule has 1 amide bonds. The maximum absolute atomic E-state index is 11.8. The summed E-state index contributed by atoms with van der Waals surface area (Å²) in [5.74, 6) is 0.600. The van der Waals surface area contributed by atoms with Crippen LogP contribution in [0, 0.1) is 0 Å². The van der Waals surface area contributed by atoms with Crippen molar-refractivity contribution in [2.45, 2.75) is 32.7 Å². The third-order valence-electron chi connectivity index (χ3n) is 3.69. The van der Waals surface area contributed by atoms with E-state index < -0.39 is 0 Å². The highest BCUT2D eigenvalue weighted by atomic mass is 16.5. The minimum Gasteiger partial charge on any atom is -0.484 e. The van der Waals surface area contributed by atoms with E-state index in [0.717, 1.165) is 17.5 Å². The van der Waals surface area contributed by atoms with Crippen LogP contribution in [0.5, 0.6) is 5.75 Å². The van der Waals surface area contributed by atoms with Crippen molar-refractivity contribution in [2.24, 2.45) is 0 Å². The molecule has 0 saturated carbocycles. The lowest BCUT2D eigenvalue weighted by molar-refractivity contribution is -0.124. The summed E-state index contributed by atoms with van der Waals surface area (Å²) >= 11 is 0. The number of rotatable bonds is 6. The van der Waals surface area contributed by atoms with Gasteiger partial charge in [-0.15, -0.1) is 0 Å². The summed E-state index contributed by atoms with van der Waals surface area (Å²) in [5, 5.41) is 2.95. The van der Waals surface area contributed by atoms with Gasteiger partial charge in [0.15, 0.2) is 6.61 Å². The van der Waals surface area contributed by atoms with Crippen molar-refractivity contribution in [3.8, 4) is 16.9 Å². The van der Waals surface area contributed by atoms with Gasteiger partial charge in [0, 0.05) is 5.54 Å². The third-order valence-corrected chi connectivity index (χ3v) is 3.69. The zero-order valence-corrected chi connectivity index (χ0v) is 13.4. The van der Waals surface area contributed by atoms with E-state index in [9.17, 15) is 4.79 Å². The van der Waals surface area contributed by atoms with E-state index in [1.165, 1.54) is 0 Å². The second-order valence-corrected chi connectivity index (χ2v) is 5.96. The van der Waals surface area contributed by atoms with Crippen LogP contribution in [-0.2, 0) is 4.79 Å². The number of ether oxygens (including phenoxy) is 1. The van der Waals surface area contributed by atoms with E-state index in [4.69, 9.17) is 4.74 Å². The van der Waals surface area contributed by atoms with Gasteiger partial charge in [-0.3, -0.25) is 4.79 Å². The van der Waals surface area contributed by atoms with Gasteiger partial charge in [-0.2, -0.15) is 0 Å². The Morgan fingerprint density at radius 1 is 1.00 bits per heavy atom. The van der Waals surface area contributed by atoms with Crippen molar-refractivity contribution in [3.05, 3.63) is 54.6 Å². The van der Waals surface area contributed by atoms with Gasteiger partial charge in [-0.05, 0) is 43.5 Å². The van der Waals surface area contributed by atoms with E-state index in [1.807, 2.05) is 63.2 Å². The highest BCUT2D eigenvalue weighted by Crippen LogP contribution is 2.22. The van der Waals surface area contributed by atoms with Crippen molar-refractivity contribution in [2.75, 3.05) is 6.61 Å². The zero-order valence-electron chi connectivity index (χ0n) is 13.4. The van der Waals surface area contributed by atoms with Crippen molar-refractivity contribution in [3.63, 3.8) is 0 Å². The quantitative estimate of drug-likeness (QED) is 0.874. The van der Waals surface area contributed by atoms with Gasteiger partial charge in [-0.25, -0.2) is 0 Å². The molecule has 0 aliphatic carbocycles. The average molecular weight is 297 g/mol.